The van der Waals surface area contributed by atoms with Crippen molar-refractivity contribution in [2.45, 2.75) is 6.92 Å². The van der Waals surface area contributed by atoms with Crippen LogP contribution in [0.5, 0.6) is 5.75 Å². The Labute approximate surface area is 92.5 Å². The lowest BCUT2D eigenvalue weighted by molar-refractivity contribution is 0.471. The van der Waals surface area contributed by atoms with Crippen LogP contribution >= 0.6 is 0 Å². The first-order valence-corrected chi connectivity index (χ1v) is 4.74. The smallest absolute Gasteiger partial charge is 0.268 e. The molecular weight excluding hydrogens is 204 g/mol. The molecule has 0 fully saturated rings. The predicted octanol–water partition coefficient (Wildman–Crippen LogP) is 2.91. The van der Waals surface area contributed by atoms with Crippen molar-refractivity contribution in [3.8, 4) is 5.75 Å². The summed E-state index contributed by atoms with van der Waals surface area (Å²) in [5.41, 5.74) is 1.41. The van der Waals surface area contributed by atoms with Gasteiger partial charge in [0.1, 0.15) is 5.75 Å². The number of hydrogen-bond donors (Lipinski definition) is 1. The molecule has 0 spiro atoms. The van der Waals surface area contributed by atoms with Crippen LogP contribution in [0.1, 0.15) is 5.56 Å². The van der Waals surface area contributed by atoms with Gasteiger partial charge in [0.15, 0.2) is 0 Å². The number of azo groups is 1. The van der Waals surface area contributed by atoms with Crippen molar-refractivity contribution in [1.29, 1.82) is 0 Å². The molecule has 0 saturated heterocycles. The van der Waals surface area contributed by atoms with Gasteiger partial charge in [-0.15, -0.1) is 10.2 Å². The Balaban J connectivity index is 2.21. The maximum Gasteiger partial charge on any atom is 0.268 e. The van der Waals surface area contributed by atoms with Crippen LogP contribution in [0.4, 0.5) is 11.6 Å². The molecule has 5 nitrogen and oxygen atoms in total. The Kier molecular flexibility index (Phi) is 2.86. The Bertz CT molecular complexity index is 511. The second-order valence-electron chi connectivity index (χ2n) is 3.22. The fourth-order valence-corrected chi connectivity index (χ4v) is 1.15. The Morgan fingerprint density at radius 2 is 1.88 bits per heavy atom. The summed E-state index contributed by atoms with van der Waals surface area (Å²) >= 11 is 0. The third-order valence-corrected chi connectivity index (χ3v) is 1.99. The minimum absolute atomic E-state index is 0.245. The number of phenols is 1. The highest BCUT2D eigenvalue weighted by Gasteiger charge is 1.97. The van der Waals surface area contributed by atoms with Gasteiger partial charge in [0.2, 0.25) is 0 Å². The largest absolute Gasteiger partial charge is 0.508 e. The standard InChI is InChI=1S/C11H10N4O/c1-8-7-9(3-4-10(8)16)14-15-11-12-5-2-6-13-11/h2-7,16H,1H3. The number of nitrogens with zero attached hydrogens (tertiary/aromatic N) is 4. The van der Waals surface area contributed by atoms with Gasteiger partial charge in [-0.1, -0.05) is 0 Å². The molecule has 80 valence electrons. The van der Waals surface area contributed by atoms with Gasteiger partial charge in [0.05, 0.1) is 5.69 Å². The molecule has 0 aliphatic carbocycles. The molecule has 0 unspecified atom stereocenters. The van der Waals surface area contributed by atoms with Crippen molar-refractivity contribution in [1.82, 2.24) is 9.97 Å². The van der Waals surface area contributed by atoms with Crippen LogP contribution in [0, 0.1) is 6.92 Å². The molecule has 0 aliphatic rings. The van der Waals surface area contributed by atoms with Crippen molar-refractivity contribution in [3.63, 3.8) is 0 Å². The molecule has 0 radical (unpaired) electrons. The molecule has 0 atom stereocenters. The summed E-state index contributed by atoms with van der Waals surface area (Å²) in [5, 5.41) is 17.2. The Hall–Kier alpha value is -2.30. The lowest BCUT2D eigenvalue weighted by Crippen LogP contribution is -1.76. The molecule has 2 rings (SSSR count). The summed E-state index contributed by atoms with van der Waals surface area (Å²) in [6.07, 6.45) is 3.20. The normalized spacial score (nSPS) is 10.8. The van der Waals surface area contributed by atoms with Crippen LogP contribution in [0.2, 0.25) is 0 Å². The topological polar surface area (TPSA) is 70.7 Å². The van der Waals surface area contributed by atoms with Gasteiger partial charge in [-0.25, -0.2) is 9.97 Å². The molecule has 0 saturated carbocycles. The van der Waals surface area contributed by atoms with E-state index in [1.165, 1.54) is 0 Å². The van der Waals surface area contributed by atoms with Crippen molar-refractivity contribution in [3.05, 3.63) is 42.2 Å². The molecule has 16 heavy (non-hydrogen) atoms. The zero-order chi connectivity index (χ0) is 11.4. The molecule has 2 aromatic rings. The summed E-state index contributed by atoms with van der Waals surface area (Å²) in [4.78, 5) is 7.83. The van der Waals surface area contributed by atoms with E-state index in [2.05, 4.69) is 20.2 Å². The molecule has 0 amide bonds. The van der Waals surface area contributed by atoms with Gasteiger partial charge >= 0.3 is 0 Å². The van der Waals surface area contributed by atoms with E-state index in [4.69, 9.17) is 0 Å². The van der Waals surface area contributed by atoms with E-state index in [0.717, 1.165) is 5.56 Å². The van der Waals surface area contributed by atoms with Crippen LogP contribution in [0.25, 0.3) is 0 Å². The van der Waals surface area contributed by atoms with E-state index in [-0.39, 0.29) is 5.75 Å². The van der Waals surface area contributed by atoms with Crippen LogP contribution in [0.15, 0.2) is 46.9 Å². The zero-order valence-corrected chi connectivity index (χ0v) is 8.70. The number of rotatable bonds is 2. The summed E-state index contributed by atoms with van der Waals surface area (Å²) in [6, 6.07) is 6.70. The third kappa shape index (κ3) is 2.38. The summed E-state index contributed by atoms with van der Waals surface area (Å²) < 4.78 is 0. The van der Waals surface area contributed by atoms with Crippen LogP contribution in [0.3, 0.4) is 0 Å². The van der Waals surface area contributed by atoms with Gasteiger partial charge in [0.25, 0.3) is 5.95 Å². The second kappa shape index (κ2) is 4.48. The fraction of sp³-hybridized carbons (Fsp3) is 0.0909. The van der Waals surface area contributed by atoms with Gasteiger partial charge in [-0.3, -0.25) is 0 Å². The molecule has 1 N–H and O–H groups in total. The lowest BCUT2D eigenvalue weighted by Gasteiger charge is -1.97. The zero-order valence-electron chi connectivity index (χ0n) is 8.70. The lowest BCUT2D eigenvalue weighted by atomic mass is 10.2. The van der Waals surface area contributed by atoms with Crippen LogP contribution in [-0.2, 0) is 0 Å². The minimum atomic E-state index is 0.245. The predicted molar refractivity (Wildman–Crippen MR) is 59.1 cm³/mol. The van der Waals surface area contributed by atoms with E-state index in [9.17, 15) is 5.11 Å². The third-order valence-electron chi connectivity index (χ3n) is 1.99. The number of benzene rings is 1. The number of hydrogen-bond acceptors (Lipinski definition) is 5. The first kappa shape index (κ1) is 10.2. The maximum atomic E-state index is 9.33. The van der Waals surface area contributed by atoms with Gasteiger partial charge < -0.3 is 5.11 Å². The Morgan fingerprint density at radius 3 is 2.56 bits per heavy atom. The first-order chi connectivity index (χ1) is 7.75. The summed E-state index contributed by atoms with van der Waals surface area (Å²) in [7, 11) is 0. The maximum absolute atomic E-state index is 9.33. The van der Waals surface area contributed by atoms with Crippen LogP contribution < -0.4 is 0 Å². The molecule has 5 heteroatoms. The molecular formula is C11H10N4O. The highest BCUT2D eigenvalue weighted by Crippen LogP contribution is 2.23. The van der Waals surface area contributed by atoms with Crippen molar-refractivity contribution in [2.24, 2.45) is 10.2 Å². The molecule has 0 bridgehead atoms. The quantitative estimate of drug-likeness (QED) is 0.781. The highest BCUT2D eigenvalue weighted by atomic mass is 16.3. The highest BCUT2D eigenvalue weighted by molar-refractivity contribution is 5.45. The SMILES string of the molecule is Cc1cc(N=Nc2ncccn2)ccc1O. The fourth-order valence-electron chi connectivity index (χ4n) is 1.15. The second-order valence-corrected chi connectivity index (χ2v) is 3.22. The monoisotopic (exact) mass is 214 g/mol. The van der Waals surface area contributed by atoms with Gasteiger partial charge in [0, 0.05) is 12.4 Å². The first-order valence-electron chi connectivity index (χ1n) is 4.74. The van der Waals surface area contributed by atoms with Crippen molar-refractivity contribution >= 4 is 11.6 Å². The average Bonchev–Trinajstić information content (AvgIpc) is 2.32. The van der Waals surface area contributed by atoms with Crippen LogP contribution in [-0.4, -0.2) is 15.1 Å². The van der Waals surface area contributed by atoms with Crippen molar-refractivity contribution in [2.75, 3.05) is 0 Å². The number of aryl methyl sites for hydroxylation is 1. The molecule has 0 aliphatic heterocycles. The number of phenolic OH excluding ortho intramolecular Hbond substituents is 1. The molecule has 1 aromatic heterocycles. The number of aromatic nitrogens is 2. The van der Waals surface area contributed by atoms with Gasteiger partial charge in [-0.05, 0) is 36.8 Å². The van der Waals surface area contributed by atoms with Gasteiger partial charge in [-0.2, -0.15) is 0 Å². The average molecular weight is 214 g/mol. The molecule has 1 heterocycles. The van der Waals surface area contributed by atoms with E-state index in [1.807, 2.05) is 0 Å². The minimum Gasteiger partial charge on any atom is -0.508 e. The summed E-state index contributed by atoms with van der Waals surface area (Å²) in [6.45, 7) is 1.80. The van der Waals surface area contributed by atoms with E-state index in [1.54, 1.807) is 43.6 Å². The number of aromatic hydroxyl groups is 1. The molecule has 1 aromatic carbocycles. The van der Waals surface area contributed by atoms with E-state index >= 15 is 0 Å². The van der Waals surface area contributed by atoms with E-state index < -0.39 is 0 Å². The van der Waals surface area contributed by atoms with Crippen molar-refractivity contribution < 1.29 is 5.11 Å². The van der Waals surface area contributed by atoms with E-state index in [0.29, 0.717) is 11.6 Å². The summed E-state index contributed by atoms with van der Waals surface area (Å²) in [5.74, 6) is 0.558. The Morgan fingerprint density at radius 1 is 1.12 bits per heavy atom.